The fourth-order valence-electron chi connectivity index (χ4n) is 2.62. The number of aromatic nitrogens is 4. The fourth-order valence-corrected chi connectivity index (χ4v) is 2.62. The lowest BCUT2D eigenvalue weighted by atomic mass is 10.4. The van der Waals surface area contributed by atoms with Gasteiger partial charge in [-0.15, -0.1) is 0 Å². The van der Waals surface area contributed by atoms with E-state index < -0.39 is 0 Å². The van der Waals surface area contributed by atoms with Gasteiger partial charge in [0.2, 0.25) is 5.95 Å². The minimum absolute atomic E-state index is 0.287. The third kappa shape index (κ3) is 2.54. The van der Waals surface area contributed by atoms with Gasteiger partial charge in [-0.3, -0.25) is 13.9 Å². The van der Waals surface area contributed by atoms with Crippen LogP contribution >= 0.6 is 0 Å². The van der Waals surface area contributed by atoms with Gasteiger partial charge in [0.1, 0.15) is 0 Å². The van der Waals surface area contributed by atoms with Gasteiger partial charge in [0.05, 0.1) is 0 Å². The number of hydrogen-bond donors (Lipinski definition) is 2. The van der Waals surface area contributed by atoms with E-state index in [9.17, 15) is 9.59 Å². The molecule has 3 N–H and O–H groups in total. The molecule has 0 aromatic carbocycles. The van der Waals surface area contributed by atoms with E-state index in [2.05, 4.69) is 10.3 Å². The average molecular weight is 308 g/mol. The molecule has 0 unspecified atom stereocenters. The number of rotatable bonds is 7. The Morgan fingerprint density at radius 2 is 1.77 bits per heavy atom. The van der Waals surface area contributed by atoms with Crippen LogP contribution in [0.4, 0.5) is 5.95 Å². The molecule has 22 heavy (non-hydrogen) atoms. The number of hydrogen-bond acceptors (Lipinski definition) is 5. The highest BCUT2D eigenvalue weighted by atomic mass is 16.2. The van der Waals surface area contributed by atoms with Gasteiger partial charge < -0.3 is 15.6 Å². The summed E-state index contributed by atoms with van der Waals surface area (Å²) in [5, 5.41) is 3.12. The first-order valence-corrected chi connectivity index (χ1v) is 7.78. The molecule has 8 heteroatoms. The normalized spacial score (nSPS) is 11.3. The van der Waals surface area contributed by atoms with Gasteiger partial charge in [0.15, 0.2) is 11.2 Å². The zero-order valence-corrected chi connectivity index (χ0v) is 13.4. The van der Waals surface area contributed by atoms with Gasteiger partial charge in [-0.25, -0.2) is 4.79 Å². The van der Waals surface area contributed by atoms with E-state index in [0.29, 0.717) is 49.8 Å². The largest absolute Gasteiger partial charge is 0.354 e. The van der Waals surface area contributed by atoms with Gasteiger partial charge in [0.25, 0.3) is 5.56 Å². The highest BCUT2D eigenvalue weighted by molar-refractivity contribution is 5.74. The van der Waals surface area contributed by atoms with E-state index in [-0.39, 0.29) is 11.2 Å². The molecule has 0 amide bonds. The lowest BCUT2D eigenvalue weighted by molar-refractivity contribution is 0.578. The molecule has 0 fully saturated rings. The molecule has 0 saturated carbocycles. The Labute approximate surface area is 128 Å². The summed E-state index contributed by atoms with van der Waals surface area (Å²) in [6.07, 6.45) is 0.793. The highest BCUT2D eigenvalue weighted by Gasteiger charge is 2.19. The van der Waals surface area contributed by atoms with Crippen LogP contribution in [0.1, 0.15) is 27.2 Å². The first-order valence-electron chi connectivity index (χ1n) is 7.78. The molecule has 0 aliphatic carbocycles. The van der Waals surface area contributed by atoms with Crippen molar-refractivity contribution in [2.45, 2.75) is 46.8 Å². The lowest BCUT2D eigenvalue weighted by Gasteiger charge is -2.10. The number of fused-ring (bicyclic) bond motifs is 1. The molecular formula is C14H24N6O2. The topological polar surface area (TPSA) is 99.9 Å². The molecule has 2 aromatic rings. The van der Waals surface area contributed by atoms with Crippen molar-refractivity contribution in [2.24, 2.45) is 5.73 Å². The molecular weight excluding hydrogens is 284 g/mol. The molecule has 2 rings (SSSR count). The molecule has 0 bridgehead atoms. The van der Waals surface area contributed by atoms with Gasteiger partial charge in [0, 0.05) is 32.7 Å². The molecule has 0 aliphatic heterocycles. The molecule has 0 atom stereocenters. The Balaban J connectivity index is 2.85. The van der Waals surface area contributed by atoms with Crippen molar-refractivity contribution in [1.82, 2.24) is 18.7 Å². The summed E-state index contributed by atoms with van der Waals surface area (Å²) in [6, 6.07) is 0. The predicted molar refractivity (Wildman–Crippen MR) is 87.4 cm³/mol. The van der Waals surface area contributed by atoms with Crippen molar-refractivity contribution in [3.63, 3.8) is 0 Å². The lowest BCUT2D eigenvalue weighted by Crippen LogP contribution is -2.40. The van der Waals surface area contributed by atoms with Crippen LogP contribution < -0.4 is 22.3 Å². The molecule has 122 valence electrons. The third-order valence-electron chi connectivity index (χ3n) is 3.62. The van der Waals surface area contributed by atoms with E-state index >= 15 is 0 Å². The van der Waals surface area contributed by atoms with Crippen LogP contribution in [0.3, 0.4) is 0 Å². The zero-order chi connectivity index (χ0) is 16.3. The summed E-state index contributed by atoms with van der Waals surface area (Å²) in [5.41, 5.74) is 5.85. The molecule has 0 radical (unpaired) electrons. The van der Waals surface area contributed by atoms with Crippen molar-refractivity contribution in [2.75, 3.05) is 18.4 Å². The number of nitrogens with two attached hydrogens (primary N) is 1. The minimum atomic E-state index is -0.298. The molecule has 0 spiro atoms. The Hall–Kier alpha value is -2.09. The Bertz CT molecular complexity index is 770. The zero-order valence-electron chi connectivity index (χ0n) is 13.4. The van der Waals surface area contributed by atoms with Gasteiger partial charge in [-0.05, 0) is 20.3 Å². The maximum absolute atomic E-state index is 12.6. The summed E-state index contributed by atoms with van der Waals surface area (Å²) in [6.45, 7) is 8.23. The molecule has 2 heterocycles. The van der Waals surface area contributed by atoms with Crippen molar-refractivity contribution in [3.05, 3.63) is 20.8 Å². The van der Waals surface area contributed by atoms with Gasteiger partial charge >= 0.3 is 5.69 Å². The summed E-state index contributed by atoms with van der Waals surface area (Å²) < 4.78 is 4.66. The van der Waals surface area contributed by atoms with Crippen molar-refractivity contribution >= 4 is 17.1 Å². The van der Waals surface area contributed by atoms with Crippen molar-refractivity contribution in [3.8, 4) is 0 Å². The maximum atomic E-state index is 12.6. The Morgan fingerprint density at radius 3 is 2.32 bits per heavy atom. The van der Waals surface area contributed by atoms with Gasteiger partial charge in [-0.1, -0.05) is 6.92 Å². The maximum Gasteiger partial charge on any atom is 0.332 e. The van der Waals surface area contributed by atoms with E-state index in [1.165, 1.54) is 4.57 Å². The van der Waals surface area contributed by atoms with Crippen molar-refractivity contribution < 1.29 is 0 Å². The second-order valence-corrected chi connectivity index (χ2v) is 5.05. The fraction of sp³-hybridized carbons (Fsp3) is 0.643. The molecule has 0 saturated heterocycles. The van der Waals surface area contributed by atoms with E-state index in [1.54, 1.807) is 11.5 Å². The van der Waals surface area contributed by atoms with Crippen LogP contribution in [0.15, 0.2) is 9.59 Å². The number of imidazole rings is 1. The smallest absolute Gasteiger partial charge is 0.332 e. The predicted octanol–water partition coefficient (Wildman–Crippen LogP) is 0.180. The van der Waals surface area contributed by atoms with E-state index in [1.807, 2.05) is 18.4 Å². The van der Waals surface area contributed by atoms with Crippen LogP contribution in [0.2, 0.25) is 0 Å². The Kier molecular flexibility index (Phi) is 5.02. The SMILES string of the molecule is CCCn1c(=O)n(CC)c(=O)c2c1nc(NCCN)n2CC. The summed E-state index contributed by atoms with van der Waals surface area (Å²) in [7, 11) is 0. The summed E-state index contributed by atoms with van der Waals surface area (Å²) in [4.78, 5) is 29.6. The minimum Gasteiger partial charge on any atom is -0.354 e. The van der Waals surface area contributed by atoms with Gasteiger partial charge in [-0.2, -0.15) is 4.98 Å². The standard InChI is InChI=1S/C14H24N6O2/c1-4-9-20-11-10(12(21)19(6-3)14(20)22)18(5-2)13(17-11)16-8-7-15/h4-9,15H2,1-3H3,(H,16,17). The van der Waals surface area contributed by atoms with Crippen LogP contribution in [0, 0.1) is 0 Å². The summed E-state index contributed by atoms with van der Waals surface area (Å²) >= 11 is 0. The monoisotopic (exact) mass is 308 g/mol. The molecule has 8 nitrogen and oxygen atoms in total. The first-order chi connectivity index (χ1) is 10.6. The third-order valence-corrected chi connectivity index (χ3v) is 3.62. The van der Waals surface area contributed by atoms with Crippen LogP contribution in [-0.4, -0.2) is 31.8 Å². The van der Waals surface area contributed by atoms with E-state index in [0.717, 1.165) is 6.42 Å². The number of nitrogens with one attached hydrogen (secondary N) is 1. The quantitative estimate of drug-likeness (QED) is 0.760. The highest BCUT2D eigenvalue weighted by Crippen LogP contribution is 2.16. The Morgan fingerprint density at radius 1 is 1.09 bits per heavy atom. The van der Waals surface area contributed by atoms with E-state index in [4.69, 9.17) is 5.73 Å². The van der Waals surface area contributed by atoms with Crippen LogP contribution in [0.5, 0.6) is 0 Å². The first kappa shape index (κ1) is 16.3. The second-order valence-electron chi connectivity index (χ2n) is 5.05. The second kappa shape index (κ2) is 6.78. The number of nitrogens with zero attached hydrogens (tertiary/aromatic N) is 4. The number of anilines is 1. The molecule has 2 aromatic heterocycles. The molecule has 0 aliphatic rings. The van der Waals surface area contributed by atoms with Crippen LogP contribution in [0.25, 0.3) is 11.2 Å². The van der Waals surface area contributed by atoms with Crippen molar-refractivity contribution in [1.29, 1.82) is 0 Å². The average Bonchev–Trinajstić information content (AvgIpc) is 2.88. The number of aryl methyl sites for hydroxylation is 2. The van der Waals surface area contributed by atoms with Crippen LogP contribution in [-0.2, 0) is 19.6 Å². The summed E-state index contributed by atoms with van der Waals surface area (Å²) in [5.74, 6) is 0.582.